The first-order valence-corrected chi connectivity index (χ1v) is 7.89. The van der Waals surface area contributed by atoms with Crippen molar-refractivity contribution >= 4 is 29.9 Å². The van der Waals surface area contributed by atoms with Crippen molar-refractivity contribution in [1.82, 2.24) is 15.5 Å². The minimum absolute atomic E-state index is 0. The highest BCUT2D eigenvalue weighted by molar-refractivity contribution is 14.0. The number of hydrogen-bond acceptors (Lipinski definition) is 2. The molecule has 1 unspecified atom stereocenters. The monoisotopic (exact) mass is 396 g/mol. The van der Waals surface area contributed by atoms with Crippen molar-refractivity contribution in [3.8, 4) is 0 Å². The van der Waals surface area contributed by atoms with Crippen LogP contribution in [0.1, 0.15) is 46.5 Å². The van der Waals surface area contributed by atoms with E-state index in [9.17, 15) is 0 Å². The summed E-state index contributed by atoms with van der Waals surface area (Å²) in [7, 11) is 1.85. The fraction of sp³-hybridized carbons (Fsp3) is 0.933. The van der Waals surface area contributed by atoms with Gasteiger partial charge in [0.25, 0.3) is 0 Å². The van der Waals surface area contributed by atoms with Crippen molar-refractivity contribution in [1.29, 1.82) is 0 Å². The Bertz CT molecular complexity index is 263. The number of rotatable bonds is 6. The molecule has 0 aromatic carbocycles. The van der Waals surface area contributed by atoms with Gasteiger partial charge in [0.15, 0.2) is 5.96 Å². The fourth-order valence-electron chi connectivity index (χ4n) is 2.50. The van der Waals surface area contributed by atoms with Crippen LogP contribution in [0.3, 0.4) is 0 Å². The van der Waals surface area contributed by atoms with Gasteiger partial charge in [-0.25, -0.2) is 0 Å². The van der Waals surface area contributed by atoms with Crippen LogP contribution >= 0.6 is 24.0 Å². The average Bonchev–Trinajstić information content (AvgIpc) is 2.45. The van der Waals surface area contributed by atoms with Crippen LogP contribution in [-0.4, -0.2) is 50.1 Å². The van der Waals surface area contributed by atoms with E-state index in [1.807, 2.05) is 7.05 Å². The molecule has 0 aliphatic carbocycles. The molecule has 1 aliphatic heterocycles. The molecule has 120 valence electrons. The first-order chi connectivity index (χ1) is 9.19. The van der Waals surface area contributed by atoms with Crippen molar-refractivity contribution in [3.05, 3.63) is 0 Å². The number of nitrogens with zero attached hydrogens (tertiary/aromatic N) is 2. The molecule has 20 heavy (non-hydrogen) atoms. The maximum absolute atomic E-state index is 4.29. The molecule has 4 nitrogen and oxygen atoms in total. The van der Waals surface area contributed by atoms with Gasteiger partial charge in [0.05, 0.1) is 0 Å². The number of guanidine groups is 1. The number of aliphatic imine (C=N–C) groups is 1. The average molecular weight is 396 g/mol. The summed E-state index contributed by atoms with van der Waals surface area (Å²) in [5.41, 5.74) is 0. The molecule has 1 rings (SSSR count). The van der Waals surface area contributed by atoms with Gasteiger partial charge >= 0.3 is 0 Å². The first kappa shape index (κ1) is 20.0. The zero-order valence-electron chi connectivity index (χ0n) is 13.6. The molecule has 1 fully saturated rings. The van der Waals surface area contributed by atoms with E-state index in [-0.39, 0.29) is 24.0 Å². The van der Waals surface area contributed by atoms with Gasteiger partial charge < -0.3 is 15.5 Å². The minimum atomic E-state index is 0. The van der Waals surface area contributed by atoms with Crippen LogP contribution in [0, 0.1) is 5.92 Å². The molecule has 2 N–H and O–H groups in total. The number of hydrogen-bond donors (Lipinski definition) is 2. The molecule has 0 saturated carbocycles. The Morgan fingerprint density at radius 2 is 1.95 bits per heavy atom. The summed E-state index contributed by atoms with van der Waals surface area (Å²) in [5.74, 6) is 1.74. The topological polar surface area (TPSA) is 39.7 Å². The highest BCUT2D eigenvalue weighted by Gasteiger charge is 2.18. The third-order valence-electron chi connectivity index (χ3n) is 4.02. The largest absolute Gasteiger partial charge is 0.356 e. The van der Waals surface area contributed by atoms with Crippen molar-refractivity contribution in [2.45, 2.75) is 52.5 Å². The van der Waals surface area contributed by atoms with E-state index in [0.717, 1.165) is 24.8 Å². The van der Waals surface area contributed by atoms with Gasteiger partial charge in [0, 0.05) is 19.6 Å². The van der Waals surface area contributed by atoms with Crippen molar-refractivity contribution in [2.75, 3.05) is 33.2 Å². The Morgan fingerprint density at radius 1 is 1.30 bits per heavy atom. The highest BCUT2D eigenvalue weighted by atomic mass is 127. The lowest BCUT2D eigenvalue weighted by Gasteiger charge is -2.32. The number of piperidine rings is 1. The molecule has 1 atom stereocenters. The van der Waals surface area contributed by atoms with E-state index in [4.69, 9.17) is 0 Å². The Labute approximate surface area is 142 Å². The lowest BCUT2D eigenvalue weighted by Crippen LogP contribution is -2.45. The van der Waals surface area contributed by atoms with Crippen molar-refractivity contribution in [2.24, 2.45) is 10.9 Å². The summed E-state index contributed by atoms with van der Waals surface area (Å²) in [6.07, 6.45) is 5.02. The number of halogens is 1. The molecule has 5 heteroatoms. The van der Waals surface area contributed by atoms with E-state index in [2.05, 4.69) is 41.3 Å². The molecular formula is C15H33IN4. The van der Waals surface area contributed by atoms with E-state index < -0.39 is 0 Å². The van der Waals surface area contributed by atoms with Crippen LogP contribution < -0.4 is 10.6 Å². The Balaban J connectivity index is 0.00000361. The van der Waals surface area contributed by atoms with Crippen LogP contribution in [0.2, 0.25) is 0 Å². The second-order valence-electron chi connectivity index (χ2n) is 5.69. The van der Waals surface area contributed by atoms with Gasteiger partial charge in [-0.05, 0) is 58.2 Å². The van der Waals surface area contributed by atoms with Gasteiger partial charge in [0.2, 0.25) is 0 Å². The van der Waals surface area contributed by atoms with Gasteiger partial charge in [-0.1, -0.05) is 13.8 Å². The summed E-state index contributed by atoms with van der Waals surface area (Å²) in [6.45, 7) is 11.5. The SMILES string of the molecule is CCCN1CCC(CNC(=NC)NC(C)CC)CC1.I. The van der Waals surface area contributed by atoms with Crippen LogP contribution in [0.4, 0.5) is 0 Å². The third-order valence-corrected chi connectivity index (χ3v) is 4.02. The van der Waals surface area contributed by atoms with Crippen LogP contribution in [-0.2, 0) is 0 Å². The van der Waals surface area contributed by atoms with Crippen LogP contribution in [0.5, 0.6) is 0 Å². The second kappa shape index (κ2) is 11.6. The molecule has 1 aliphatic rings. The van der Waals surface area contributed by atoms with E-state index in [0.29, 0.717) is 6.04 Å². The summed E-state index contributed by atoms with van der Waals surface area (Å²) in [4.78, 5) is 6.87. The highest BCUT2D eigenvalue weighted by Crippen LogP contribution is 2.16. The maximum Gasteiger partial charge on any atom is 0.191 e. The Kier molecular flexibility index (Phi) is 11.6. The standard InChI is InChI=1S/C15H32N4.HI/c1-5-9-19-10-7-14(8-11-19)12-17-15(16-4)18-13(3)6-2;/h13-14H,5-12H2,1-4H3,(H2,16,17,18);1H. The number of likely N-dealkylation sites (tertiary alicyclic amines) is 1. The molecule has 0 amide bonds. The smallest absolute Gasteiger partial charge is 0.191 e. The zero-order chi connectivity index (χ0) is 14.1. The molecule has 1 heterocycles. The van der Waals surface area contributed by atoms with E-state index in [1.165, 1.54) is 38.9 Å². The molecule has 0 radical (unpaired) electrons. The molecule has 0 spiro atoms. The summed E-state index contributed by atoms with van der Waals surface area (Å²) in [6, 6.07) is 0.484. The Hall–Kier alpha value is -0.0400. The molecule has 0 aromatic rings. The second-order valence-corrected chi connectivity index (χ2v) is 5.69. The zero-order valence-corrected chi connectivity index (χ0v) is 15.9. The minimum Gasteiger partial charge on any atom is -0.356 e. The van der Waals surface area contributed by atoms with Crippen LogP contribution in [0.15, 0.2) is 4.99 Å². The predicted octanol–water partition coefficient (Wildman–Crippen LogP) is 2.69. The van der Waals surface area contributed by atoms with E-state index in [1.54, 1.807) is 0 Å². The van der Waals surface area contributed by atoms with Crippen molar-refractivity contribution < 1.29 is 0 Å². The lowest BCUT2D eigenvalue weighted by molar-refractivity contribution is 0.185. The molecule has 1 saturated heterocycles. The van der Waals surface area contributed by atoms with Gasteiger partial charge in [-0.3, -0.25) is 4.99 Å². The molecular weight excluding hydrogens is 363 g/mol. The third kappa shape index (κ3) is 7.67. The quantitative estimate of drug-likeness (QED) is 0.412. The number of nitrogens with one attached hydrogen (secondary N) is 2. The summed E-state index contributed by atoms with van der Waals surface area (Å²) < 4.78 is 0. The fourth-order valence-corrected chi connectivity index (χ4v) is 2.50. The van der Waals surface area contributed by atoms with Gasteiger partial charge in [-0.2, -0.15) is 0 Å². The van der Waals surface area contributed by atoms with Gasteiger partial charge in [0.1, 0.15) is 0 Å². The first-order valence-electron chi connectivity index (χ1n) is 7.89. The van der Waals surface area contributed by atoms with Gasteiger partial charge in [-0.15, -0.1) is 24.0 Å². The van der Waals surface area contributed by atoms with Crippen LogP contribution in [0.25, 0.3) is 0 Å². The lowest BCUT2D eigenvalue weighted by atomic mass is 9.97. The predicted molar refractivity (Wildman–Crippen MR) is 99.1 cm³/mol. The van der Waals surface area contributed by atoms with E-state index >= 15 is 0 Å². The molecule has 0 bridgehead atoms. The summed E-state index contributed by atoms with van der Waals surface area (Å²) in [5, 5.41) is 6.88. The summed E-state index contributed by atoms with van der Waals surface area (Å²) >= 11 is 0. The normalized spacial score (nSPS) is 19.3. The maximum atomic E-state index is 4.29. The molecule has 0 aromatic heterocycles. The van der Waals surface area contributed by atoms with Crippen molar-refractivity contribution in [3.63, 3.8) is 0 Å². The Morgan fingerprint density at radius 3 is 2.45 bits per heavy atom.